The Hall–Kier alpha value is -3.94. The Kier molecular flexibility index (Phi) is 6.59. The van der Waals surface area contributed by atoms with Gasteiger partial charge in [0.05, 0.1) is 4.92 Å². The van der Waals surface area contributed by atoms with Gasteiger partial charge in [0.1, 0.15) is 5.82 Å². The first-order valence-electron chi connectivity index (χ1n) is 9.53. The molecule has 8 nitrogen and oxygen atoms in total. The third kappa shape index (κ3) is 5.54. The maximum atomic E-state index is 11.8. The normalized spacial score (nSPS) is 10.5. The van der Waals surface area contributed by atoms with E-state index in [-0.39, 0.29) is 17.8 Å². The fourth-order valence-corrected chi connectivity index (χ4v) is 2.83. The van der Waals surface area contributed by atoms with Crippen LogP contribution in [0.5, 0.6) is 0 Å². The van der Waals surface area contributed by atoms with Gasteiger partial charge in [-0.1, -0.05) is 42.5 Å². The van der Waals surface area contributed by atoms with Crippen LogP contribution in [0.4, 0.5) is 22.0 Å². The molecule has 2 amide bonds. The molecule has 0 spiro atoms. The van der Waals surface area contributed by atoms with E-state index in [2.05, 4.69) is 20.9 Å². The monoisotopic (exact) mass is 405 g/mol. The van der Waals surface area contributed by atoms with Gasteiger partial charge in [0.15, 0.2) is 5.69 Å². The van der Waals surface area contributed by atoms with Gasteiger partial charge in [-0.05, 0) is 37.6 Å². The molecule has 0 aliphatic rings. The van der Waals surface area contributed by atoms with E-state index < -0.39 is 4.92 Å². The minimum atomic E-state index is -0.430. The number of aromatic nitrogens is 1. The average Bonchev–Trinajstić information content (AvgIpc) is 2.73. The van der Waals surface area contributed by atoms with Gasteiger partial charge < -0.3 is 16.0 Å². The molecule has 0 unspecified atom stereocenters. The summed E-state index contributed by atoms with van der Waals surface area (Å²) in [7, 11) is 0. The van der Waals surface area contributed by atoms with E-state index in [1.807, 2.05) is 56.3 Å². The predicted molar refractivity (Wildman–Crippen MR) is 117 cm³/mol. The number of urea groups is 1. The third-order valence-corrected chi connectivity index (χ3v) is 4.22. The number of anilines is 2. The molecule has 1 aromatic heterocycles. The van der Waals surface area contributed by atoms with Gasteiger partial charge >= 0.3 is 6.03 Å². The maximum Gasteiger partial charge on any atom is 0.319 e. The van der Waals surface area contributed by atoms with Crippen molar-refractivity contribution in [2.45, 2.75) is 26.4 Å². The van der Waals surface area contributed by atoms with Crippen LogP contribution in [0.2, 0.25) is 0 Å². The highest BCUT2D eigenvalue weighted by Crippen LogP contribution is 2.29. The first kappa shape index (κ1) is 20.8. The lowest BCUT2D eigenvalue weighted by atomic mass is 10.1. The number of carbonyl (C=O) groups is 1. The summed E-state index contributed by atoms with van der Waals surface area (Å²) >= 11 is 0. The molecule has 0 bridgehead atoms. The van der Waals surface area contributed by atoms with Crippen LogP contribution >= 0.6 is 0 Å². The van der Waals surface area contributed by atoms with Crippen LogP contribution in [0.25, 0.3) is 11.3 Å². The Morgan fingerprint density at radius 2 is 1.73 bits per heavy atom. The predicted octanol–water partition coefficient (Wildman–Crippen LogP) is 4.80. The molecule has 0 saturated heterocycles. The van der Waals surface area contributed by atoms with Crippen LogP contribution in [0.15, 0.2) is 66.7 Å². The van der Waals surface area contributed by atoms with Gasteiger partial charge in [0.25, 0.3) is 5.69 Å². The van der Waals surface area contributed by atoms with Crippen molar-refractivity contribution >= 4 is 23.2 Å². The minimum Gasteiger partial charge on any atom is -0.366 e. The highest BCUT2D eigenvalue weighted by Gasteiger charge is 2.17. The summed E-state index contributed by atoms with van der Waals surface area (Å²) in [6.07, 6.45) is 0. The molecule has 1 heterocycles. The number of pyridine rings is 1. The molecule has 154 valence electrons. The molecule has 3 rings (SSSR count). The van der Waals surface area contributed by atoms with E-state index in [4.69, 9.17) is 0 Å². The Labute approximate surface area is 174 Å². The quantitative estimate of drug-likeness (QED) is 0.386. The van der Waals surface area contributed by atoms with Crippen molar-refractivity contribution in [3.8, 4) is 11.3 Å². The smallest absolute Gasteiger partial charge is 0.319 e. The molecule has 3 aromatic rings. The molecule has 0 radical (unpaired) electrons. The van der Waals surface area contributed by atoms with Crippen molar-refractivity contribution in [1.29, 1.82) is 0 Å². The number of nitrogens with one attached hydrogen (secondary N) is 3. The lowest BCUT2D eigenvalue weighted by Crippen LogP contribution is -2.34. The summed E-state index contributed by atoms with van der Waals surface area (Å²) in [6.45, 7) is 4.27. The molecule has 0 aliphatic carbocycles. The van der Waals surface area contributed by atoms with Crippen LogP contribution in [0, 0.1) is 10.1 Å². The molecular weight excluding hydrogens is 382 g/mol. The molecule has 2 aromatic carbocycles. The van der Waals surface area contributed by atoms with E-state index in [0.717, 1.165) is 5.56 Å². The Morgan fingerprint density at radius 1 is 1.03 bits per heavy atom. The van der Waals surface area contributed by atoms with E-state index in [9.17, 15) is 14.9 Å². The first-order valence-corrected chi connectivity index (χ1v) is 9.53. The van der Waals surface area contributed by atoms with E-state index in [1.54, 1.807) is 18.2 Å². The van der Waals surface area contributed by atoms with Crippen LogP contribution in [-0.2, 0) is 6.54 Å². The summed E-state index contributed by atoms with van der Waals surface area (Å²) in [4.78, 5) is 27.1. The zero-order valence-corrected chi connectivity index (χ0v) is 16.8. The van der Waals surface area contributed by atoms with Crippen LogP contribution < -0.4 is 16.0 Å². The van der Waals surface area contributed by atoms with Crippen molar-refractivity contribution in [1.82, 2.24) is 10.3 Å². The molecule has 0 aliphatic heterocycles. The lowest BCUT2D eigenvalue weighted by Gasteiger charge is -2.11. The Morgan fingerprint density at radius 3 is 2.37 bits per heavy atom. The Balaban J connectivity index is 1.68. The van der Waals surface area contributed by atoms with Gasteiger partial charge in [-0.2, -0.15) is 0 Å². The fraction of sp³-hybridized carbons (Fsp3) is 0.182. The number of benzene rings is 2. The lowest BCUT2D eigenvalue weighted by molar-refractivity contribution is -0.384. The van der Waals surface area contributed by atoms with Gasteiger partial charge in [0, 0.05) is 29.9 Å². The zero-order chi connectivity index (χ0) is 21.5. The van der Waals surface area contributed by atoms with Gasteiger partial charge in [-0.3, -0.25) is 10.1 Å². The number of carbonyl (C=O) groups excluding carboxylic acids is 1. The standard InChI is InChI=1S/C22H23N5O3/c1-15(2)24-22(28)25-18-10-8-16(9-11-18)14-23-20-13-12-19(27(29)30)21(26-20)17-6-4-3-5-7-17/h3-13,15H,14H2,1-2H3,(H,23,26)(H2,24,25,28). The van der Waals surface area contributed by atoms with E-state index in [0.29, 0.717) is 29.3 Å². The number of amides is 2. The third-order valence-electron chi connectivity index (χ3n) is 4.22. The van der Waals surface area contributed by atoms with Crippen molar-refractivity contribution in [2.24, 2.45) is 0 Å². The molecule has 8 heteroatoms. The number of hydrogen-bond donors (Lipinski definition) is 3. The molecule has 0 fully saturated rings. The fourth-order valence-electron chi connectivity index (χ4n) is 2.83. The molecule has 3 N–H and O–H groups in total. The van der Waals surface area contributed by atoms with E-state index >= 15 is 0 Å². The Bertz CT molecular complexity index is 1020. The van der Waals surface area contributed by atoms with Gasteiger partial charge in [-0.15, -0.1) is 0 Å². The van der Waals surface area contributed by atoms with Crippen molar-refractivity contribution in [3.05, 3.63) is 82.4 Å². The zero-order valence-electron chi connectivity index (χ0n) is 16.8. The summed E-state index contributed by atoms with van der Waals surface area (Å²) in [5.41, 5.74) is 2.63. The second kappa shape index (κ2) is 9.51. The summed E-state index contributed by atoms with van der Waals surface area (Å²) in [5.74, 6) is 0.540. The van der Waals surface area contributed by atoms with Crippen molar-refractivity contribution in [2.75, 3.05) is 10.6 Å². The number of hydrogen-bond acceptors (Lipinski definition) is 5. The summed E-state index contributed by atoms with van der Waals surface area (Å²) < 4.78 is 0. The average molecular weight is 405 g/mol. The largest absolute Gasteiger partial charge is 0.366 e. The molecular formula is C22H23N5O3. The molecule has 0 atom stereocenters. The first-order chi connectivity index (χ1) is 14.4. The van der Waals surface area contributed by atoms with Crippen LogP contribution in [0.1, 0.15) is 19.4 Å². The maximum absolute atomic E-state index is 11.8. The van der Waals surface area contributed by atoms with Crippen molar-refractivity contribution < 1.29 is 9.72 Å². The van der Waals surface area contributed by atoms with Gasteiger partial charge in [0.2, 0.25) is 0 Å². The van der Waals surface area contributed by atoms with Gasteiger partial charge in [-0.25, -0.2) is 9.78 Å². The topological polar surface area (TPSA) is 109 Å². The highest BCUT2D eigenvalue weighted by molar-refractivity contribution is 5.89. The summed E-state index contributed by atoms with van der Waals surface area (Å²) in [5, 5.41) is 20.1. The number of nitro groups is 1. The number of nitrogens with zero attached hydrogens (tertiary/aromatic N) is 2. The second-order valence-corrected chi connectivity index (χ2v) is 6.99. The molecule has 30 heavy (non-hydrogen) atoms. The highest BCUT2D eigenvalue weighted by atomic mass is 16.6. The second-order valence-electron chi connectivity index (χ2n) is 6.99. The summed E-state index contributed by atoms with van der Waals surface area (Å²) in [6, 6.07) is 19.3. The minimum absolute atomic E-state index is 0.0400. The van der Waals surface area contributed by atoms with Crippen LogP contribution in [0.3, 0.4) is 0 Å². The van der Waals surface area contributed by atoms with Crippen molar-refractivity contribution in [3.63, 3.8) is 0 Å². The number of rotatable bonds is 7. The SMILES string of the molecule is CC(C)NC(=O)Nc1ccc(CNc2ccc([N+](=O)[O-])c(-c3ccccc3)n2)cc1. The van der Waals surface area contributed by atoms with Crippen LogP contribution in [-0.4, -0.2) is 22.0 Å². The van der Waals surface area contributed by atoms with E-state index in [1.165, 1.54) is 6.07 Å². The molecule has 0 saturated carbocycles.